The molecule has 0 aliphatic heterocycles. The van der Waals surface area contributed by atoms with Gasteiger partial charge in [-0.25, -0.2) is 14.2 Å². The van der Waals surface area contributed by atoms with Crippen molar-refractivity contribution < 1.29 is 27.5 Å². The van der Waals surface area contributed by atoms with E-state index in [-0.39, 0.29) is 27.7 Å². The van der Waals surface area contributed by atoms with Gasteiger partial charge in [-0.2, -0.15) is 18.3 Å². The first kappa shape index (κ1) is 19.3. The number of aryl methyl sites for hydroxylation is 1. The quantitative estimate of drug-likeness (QED) is 0.612. The molecule has 0 amide bonds. The zero-order valence-electron chi connectivity index (χ0n) is 13.5. The van der Waals surface area contributed by atoms with Gasteiger partial charge in [0.2, 0.25) is 0 Å². The minimum absolute atomic E-state index is 0.0150. The smallest absolute Gasteiger partial charge is 0.419 e. The zero-order valence-corrected chi connectivity index (χ0v) is 15.1. The fraction of sp³-hybridized carbons (Fsp3) is 0.188. The van der Waals surface area contributed by atoms with Crippen molar-refractivity contribution in [2.45, 2.75) is 19.6 Å². The van der Waals surface area contributed by atoms with Crippen LogP contribution in [0.2, 0.25) is 5.02 Å². The largest absolute Gasteiger partial charge is 0.478 e. The van der Waals surface area contributed by atoms with Gasteiger partial charge in [-0.15, -0.1) is 11.3 Å². The van der Waals surface area contributed by atoms with Gasteiger partial charge in [0, 0.05) is 21.7 Å². The monoisotopic (exact) mass is 419 g/mol. The molecule has 0 spiro atoms. The average Bonchev–Trinajstić information content (AvgIpc) is 3.16. The molecule has 1 N–H and O–H groups in total. The van der Waals surface area contributed by atoms with Crippen molar-refractivity contribution in [3.63, 3.8) is 0 Å². The van der Waals surface area contributed by atoms with E-state index in [0.29, 0.717) is 16.6 Å². The molecule has 0 radical (unpaired) electrons. The summed E-state index contributed by atoms with van der Waals surface area (Å²) in [7, 11) is 0. The highest BCUT2D eigenvalue weighted by Gasteiger charge is 2.36. The summed E-state index contributed by atoms with van der Waals surface area (Å²) in [6, 6.07) is 1.61. The molecule has 2 heterocycles. The van der Waals surface area contributed by atoms with Crippen LogP contribution in [0.25, 0.3) is 10.6 Å². The molecule has 2 aromatic heterocycles. The van der Waals surface area contributed by atoms with Crippen LogP contribution < -0.4 is 0 Å². The summed E-state index contributed by atoms with van der Waals surface area (Å²) in [5.41, 5.74) is -1.39. The van der Waals surface area contributed by atoms with Crippen LogP contribution in [0.3, 0.4) is 0 Å². The summed E-state index contributed by atoms with van der Waals surface area (Å²) in [4.78, 5) is 15.7. The first-order chi connectivity index (χ1) is 12.6. The Hall–Kier alpha value is -2.46. The van der Waals surface area contributed by atoms with Crippen molar-refractivity contribution in [3.05, 3.63) is 57.1 Å². The number of thiazole rings is 1. The van der Waals surface area contributed by atoms with Crippen LogP contribution in [0.1, 0.15) is 26.5 Å². The standard InChI is InChI=1S/C16H10ClF4N3O2S/c1-7-12(6-24-5-8(4-22-24)15(25)26)23-14(27-7)10-2-9(17)3-11(13(10)18)16(19,20)21/h2-5H,6H2,1H3,(H,25,26). The van der Waals surface area contributed by atoms with Crippen molar-refractivity contribution in [1.29, 1.82) is 0 Å². The maximum absolute atomic E-state index is 14.4. The molecule has 11 heteroatoms. The molecule has 0 saturated heterocycles. The van der Waals surface area contributed by atoms with Crippen molar-refractivity contribution in [3.8, 4) is 10.6 Å². The van der Waals surface area contributed by atoms with Crippen LogP contribution in [-0.2, 0) is 12.7 Å². The predicted octanol–water partition coefficient (Wildman–Crippen LogP) is 4.87. The van der Waals surface area contributed by atoms with Gasteiger partial charge in [-0.05, 0) is 19.1 Å². The Morgan fingerprint density at radius 3 is 2.67 bits per heavy atom. The lowest BCUT2D eigenvalue weighted by Gasteiger charge is -2.11. The third-order valence-corrected chi connectivity index (χ3v) is 4.92. The summed E-state index contributed by atoms with van der Waals surface area (Å²) < 4.78 is 54.7. The van der Waals surface area contributed by atoms with Crippen molar-refractivity contribution in [2.75, 3.05) is 0 Å². The van der Waals surface area contributed by atoms with Crippen LogP contribution in [-0.4, -0.2) is 25.8 Å². The Bertz CT molecular complexity index is 1030. The number of alkyl halides is 3. The van der Waals surface area contributed by atoms with Gasteiger partial charge in [0.1, 0.15) is 10.8 Å². The third kappa shape index (κ3) is 3.96. The van der Waals surface area contributed by atoms with Gasteiger partial charge < -0.3 is 5.11 Å². The summed E-state index contributed by atoms with van der Waals surface area (Å²) in [5.74, 6) is -2.59. The topological polar surface area (TPSA) is 68.0 Å². The summed E-state index contributed by atoms with van der Waals surface area (Å²) >= 11 is 6.73. The highest BCUT2D eigenvalue weighted by molar-refractivity contribution is 7.15. The first-order valence-corrected chi connectivity index (χ1v) is 8.54. The number of carboxylic acids is 1. The molecular weight excluding hydrogens is 410 g/mol. The highest BCUT2D eigenvalue weighted by Crippen LogP contribution is 2.39. The number of aromatic carboxylic acids is 1. The first-order valence-electron chi connectivity index (χ1n) is 7.35. The van der Waals surface area contributed by atoms with E-state index in [1.807, 2.05) is 0 Å². The Balaban J connectivity index is 1.99. The lowest BCUT2D eigenvalue weighted by Crippen LogP contribution is -2.09. The minimum Gasteiger partial charge on any atom is -0.478 e. The van der Waals surface area contributed by atoms with E-state index >= 15 is 0 Å². The zero-order chi connectivity index (χ0) is 19.9. The fourth-order valence-corrected chi connectivity index (χ4v) is 3.51. The van der Waals surface area contributed by atoms with E-state index in [2.05, 4.69) is 10.1 Å². The highest BCUT2D eigenvalue weighted by atomic mass is 35.5. The predicted molar refractivity (Wildman–Crippen MR) is 90.5 cm³/mol. The number of aromatic nitrogens is 3. The molecule has 0 aliphatic carbocycles. The Morgan fingerprint density at radius 1 is 1.37 bits per heavy atom. The molecule has 3 aromatic rings. The maximum atomic E-state index is 14.4. The molecule has 27 heavy (non-hydrogen) atoms. The number of rotatable bonds is 4. The molecule has 0 aliphatic rings. The lowest BCUT2D eigenvalue weighted by atomic mass is 10.1. The van der Waals surface area contributed by atoms with E-state index in [9.17, 15) is 22.4 Å². The number of carbonyl (C=O) groups is 1. The molecule has 1 aromatic carbocycles. The van der Waals surface area contributed by atoms with Crippen LogP contribution in [0.15, 0.2) is 24.5 Å². The molecule has 0 atom stereocenters. The van der Waals surface area contributed by atoms with Gasteiger partial charge in [0.15, 0.2) is 0 Å². The Morgan fingerprint density at radius 2 is 2.07 bits per heavy atom. The third-order valence-electron chi connectivity index (χ3n) is 3.66. The second-order valence-corrected chi connectivity index (χ2v) is 7.21. The van der Waals surface area contributed by atoms with Gasteiger partial charge in [-0.1, -0.05) is 11.6 Å². The molecular formula is C16H10ClF4N3O2S. The molecule has 5 nitrogen and oxygen atoms in total. The summed E-state index contributed by atoms with van der Waals surface area (Å²) in [6.07, 6.45) is -2.43. The number of carboxylic acid groups (broad SMARTS) is 1. The number of hydrogen-bond donors (Lipinski definition) is 1. The van der Waals surface area contributed by atoms with Crippen molar-refractivity contribution in [1.82, 2.24) is 14.8 Å². The molecule has 0 fully saturated rings. The van der Waals surface area contributed by atoms with Gasteiger partial charge in [0.25, 0.3) is 0 Å². The summed E-state index contributed by atoms with van der Waals surface area (Å²) in [6.45, 7) is 1.76. The SMILES string of the molecule is Cc1sc(-c2cc(Cl)cc(C(F)(F)F)c2F)nc1Cn1cc(C(=O)O)cn1. The Labute approximate surface area is 158 Å². The van der Waals surface area contributed by atoms with Crippen molar-refractivity contribution in [2.24, 2.45) is 0 Å². The Kier molecular flexibility index (Phi) is 4.96. The van der Waals surface area contributed by atoms with Gasteiger partial charge in [0.05, 0.1) is 29.6 Å². The van der Waals surface area contributed by atoms with E-state index in [1.54, 1.807) is 6.92 Å². The van der Waals surface area contributed by atoms with E-state index in [1.165, 1.54) is 10.9 Å². The fourth-order valence-electron chi connectivity index (χ4n) is 2.36. The normalized spacial score (nSPS) is 11.8. The second-order valence-electron chi connectivity index (χ2n) is 5.57. The molecule has 142 valence electrons. The molecule has 0 saturated carbocycles. The van der Waals surface area contributed by atoms with E-state index in [0.717, 1.165) is 23.6 Å². The second kappa shape index (κ2) is 6.93. The number of hydrogen-bond acceptors (Lipinski definition) is 4. The van der Waals surface area contributed by atoms with Crippen LogP contribution in [0, 0.1) is 12.7 Å². The molecule has 0 unspecified atom stereocenters. The lowest BCUT2D eigenvalue weighted by molar-refractivity contribution is -0.139. The van der Waals surface area contributed by atoms with Crippen molar-refractivity contribution >= 4 is 28.9 Å². The molecule has 3 rings (SSSR count). The van der Waals surface area contributed by atoms with Gasteiger partial charge in [-0.3, -0.25) is 4.68 Å². The number of nitrogens with zero attached hydrogens (tertiary/aromatic N) is 3. The van der Waals surface area contributed by atoms with Gasteiger partial charge >= 0.3 is 12.1 Å². The average molecular weight is 420 g/mol. The van der Waals surface area contributed by atoms with Crippen LogP contribution >= 0.6 is 22.9 Å². The number of benzene rings is 1. The van der Waals surface area contributed by atoms with E-state index < -0.39 is 23.5 Å². The van der Waals surface area contributed by atoms with Crippen LogP contribution in [0.4, 0.5) is 17.6 Å². The maximum Gasteiger partial charge on any atom is 0.419 e. The minimum atomic E-state index is -4.89. The number of halogens is 5. The summed E-state index contributed by atoms with van der Waals surface area (Å²) in [5, 5.41) is 12.6. The van der Waals surface area contributed by atoms with E-state index in [4.69, 9.17) is 16.7 Å². The van der Waals surface area contributed by atoms with Crippen LogP contribution in [0.5, 0.6) is 0 Å². The molecule has 0 bridgehead atoms.